The van der Waals surface area contributed by atoms with Crippen LogP contribution in [0.15, 0.2) is 54.6 Å². The van der Waals surface area contributed by atoms with E-state index in [1.807, 2.05) is 0 Å². The molecule has 0 amide bonds. The van der Waals surface area contributed by atoms with Crippen molar-refractivity contribution in [2.24, 2.45) is 0 Å². The third-order valence-electron chi connectivity index (χ3n) is 2.13. The van der Waals surface area contributed by atoms with Gasteiger partial charge in [-0.3, -0.25) is 0 Å². The van der Waals surface area contributed by atoms with Gasteiger partial charge >= 0.3 is 80.9 Å². The van der Waals surface area contributed by atoms with E-state index < -0.39 is 11.9 Å². The Morgan fingerprint density at radius 1 is 0.810 bits per heavy atom. The Kier molecular flexibility index (Phi) is 13.6. The van der Waals surface area contributed by atoms with Gasteiger partial charge in [-0.15, -0.1) is 0 Å². The molecule has 0 fully saturated rings. The van der Waals surface area contributed by atoms with Gasteiger partial charge in [0, 0.05) is 5.56 Å². The number of rotatable bonds is 2. The van der Waals surface area contributed by atoms with Crippen LogP contribution < -0.4 is 91.2 Å². The fourth-order valence-electron chi connectivity index (χ4n) is 1.22. The fourth-order valence-corrected chi connectivity index (χ4v) is 1.22. The van der Waals surface area contributed by atoms with Crippen molar-refractivity contribution in [2.45, 2.75) is 0 Å². The van der Waals surface area contributed by atoms with Crippen LogP contribution in [-0.4, -0.2) is 17.0 Å². The van der Waals surface area contributed by atoms with Gasteiger partial charge in [-0.2, -0.15) is 0 Å². The van der Waals surface area contributed by atoms with Gasteiger partial charge in [0.05, 0.1) is 11.9 Å². The second-order valence-electron chi connectivity index (χ2n) is 3.46. The standard InChI is InChI=1S/C7H6O3.C7H6O2.K.Na/c8-6-4-2-1-3-5(6)7(9)10;8-7(9)6-4-2-1-3-5-6;;/h1-4,8H,(H,9,10);1-5H,(H,8,9);;/q;;2*+1/p-2. The minimum atomic E-state index is -1.36. The van der Waals surface area contributed by atoms with Crippen LogP contribution in [0, 0.1) is 0 Å². The molecule has 1 N–H and O–H groups in total. The first-order valence-corrected chi connectivity index (χ1v) is 5.28. The predicted octanol–water partition coefficient (Wildman–Crippen LogP) is -6.19. The number of carbonyl (C=O) groups excluding carboxylic acids is 2. The quantitative estimate of drug-likeness (QED) is 0.555. The third kappa shape index (κ3) is 8.75. The molecular weight excluding hydrogens is 310 g/mol. The molecule has 0 bridgehead atoms. The van der Waals surface area contributed by atoms with Gasteiger partial charge in [-0.1, -0.05) is 42.5 Å². The van der Waals surface area contributed by atoms with Crippen LogP contribution in [0.4, 0.5) is 0 Å². The van der Waals surface area contributed by atoms with E-state index in [1.165, 1.54) is 30.3 Å². The summed E-state index contributed by atoms with van der Waals surface area (Å²) in [5.74, 6) is -2.75. The van der Waals surface area contributed by atoms with Gasteiger partial charge in [0.15, 0.2) is 0 Å². The smallest absolute Gasteiger partial charge is 0.545 e. The van der Waals surface area contributed by atoms with Gasteiger partial charge in [-0.25, -0.2) is 0 Å². The molecular formula is C14H10KNaO5. The molecule has 0 radical (unpaired) electrons. The minimum Gasteiger partial charge on any atom is -0.545 e. The van der Waals surface area contributed by atoms with E-state index in [2.05, 4.69) is 0 Å². The summed E-state index contributed by atoms with van der Waals surface area (Å²) in [5, 5.41) is 29.1. The molecule has 2 aromatic carbocycles. The van der Waals surface area contributed by atoms with Crippen LogP contribution in [0.25, 0.3) is 0 Å². The Labute approximate surface area is 186 Å². The Hall–Kier alpha value is -0.184. The zero-order valence-electron chi connectivity index (χ0n) is 11.8. The summed E-state index contributed by atoms with van der Waals surface area (Å²) < 4.78 is 0. The summed E-state index contributed by atoms with van der Waals surface area (Å²) >= 11 is 0. The van der Waals surface area contributed by atoms with E-state index in [0.717, 1.165) is 0 Å². The molecule has 0 aliphatic carbocycles. The van der Waals surface area contributed by atoms with Crippen LogP contribution in [0.2, 0.25) is 0 Å². The van der Waals surface area contributed by atoms with Gasteiger partial charge in [-0.05, 0) is 17.7 Å². The molecule has 0 saturated carbocycles. The van der Waals surface area contributed by atoms with Crippen molar-refractivity contribution in [3.8, 4) is 5.75 Å². The molecule has 0 aromatic heterocycles. The normalized spacial score (nSPS) is 8.19. The van der Waals surface area contributed by atoms with E-state index >= 15 is 0 Å². The molecule has 0 atom stereocenters. The van der Waals surface area contributed by atoms with Crippen LogP contribution in [0.1, 0.15) is 20.7 Å². The number of carboxylic acids is 2. The Balaban J connectivity index is 0. The van der Waals surface area contributed by atoms with Crippen LogP contribution in [0.5, 0.6) is 5.75 Å². The van der Waals surface area contributed by atoms with E-state index in [1.54, 1.807) is 24.3 Å². The number of carbonyl (C=O) groups is 2. The second kappa shape index (κ2) is 12.4. The van der Waals surface area contributed by atoms with Crippen molar-refractivity contribution < 1.29 is 106 Å². The van der Waals surface area contributed by atoms with Crippen LogP contribution in [0.3, 0.4) is 0 Å². The van der Waals surface area contributed by atoms with E-state index in [-0.39, 0.29) is 97.8 Å². The minimum absolute atomic E-state index is 0. The van der Waals surface area contributed by atoms with Crippen molar-refractivity contribution in [1.82, 2.24) is 0 Å². The van der Waals surface area contributed by atoms with Crippen LogP contribution in [-0.2, 0) is 0 Å². The van der Waals surface area contributed by atoms with Crippen molar-refractivity contribution in [1.29, 1.82) is 0 Å². The average Bonchev–Trinajstić information content (AvgIpc) is 2.40. The number of aromatic carboxylic acids is 2. The van der Waals surface area contributed by atoms with E-state index in [0.29, 0.717) is 0 Å². The molecule has 5 nitrogen and oxygen atoms in total. The van der Waals surface area contributed by atoms with Crippen LogP contribution >= 0.6 is 0 Å². The number of hydrogen-bond acceptors (Lipinski definition) is 5. The molecule has 0 saturated heterocycles. The topological polar surface area (TPSA) is 100 Å². The summed E-state index contributed by atoms with van der Waals surface area (Å²) in [4.78, 5) is 20.2. The van der Waals surface area contributed by atoms with Crippen molar-refractivity contribution in [3.05, 3.63) is 65.7 Å². The fraction of sp³-hybridized carbons (Fsp3) is 0. The largest absolute Gasteiger partial charge is 1.00 e. The maximum absolute atomic E-state index is 10.2. The predicted molar refractivity (Wildman–Crippen MR) is 63.2 cm³/mol. The molecule has 2 rings (SSSR count). The molecule has 0 aliphatic rings. The van der Waals surface area contributed by atoms with Gasteiger partial charge in [0.2, 0.25) is 0 Å². The van der Waals surface area contributed by atoms with E-state index in [9.17, 15) is 19.8 Å². The molecule has 7 heteroatoms. The van der Waals surface area contributed by atoms with Gasteiger partial charge in [0.1, 0.15) is 5.75 Å². The molecule has 0 spiro atoms. The average molecular weight is 320 g/mol. The van der Waals surface area contributed by atoms with Crippen molar-refractivity contribution in [3.63, 3.8) is 0 Å². The first kappa shape index (κ1) is 23.1. The zero-order valence-corrected chi connectivity index (χ0v) is 16.9. The third-order valence-corrected chi connectivity index (χ3v) is 2.13. The first-order valence-electron chi connectivity index (χ1n) is 5.28. The van der Waals surface area contributed by atoms with Gasteiger partial charge < -0.3 is 24.9 Å². The zero-order chi connectivity index (χ0) is 14.3. The molecule has 2 aromatic rings. The maximum atomic E-state index is 10.2. The summed E-state index contributed by atoms with van der Waals surface area (Å²) in [5.41, 5.74) is 0.0417. The summed E-state index contributed by atoms with van der Waals surface area (Å²) in [7, 11) is 0. The first-order chi connectivity index (χ1) is 9.02. The summed E-state index contributed by atoms with van der Waals surface area (Å²) in [6.45, 7) is 0. The van der Waals surface area contributed by atoms with E-state index in [4.69, 9.17) is 5.11 Å². The van der Waals surface area contributed by atoms with Crippen molar-refractivity contribution in [2.75, 3.05) is 0 Å². The van der Waals surface area contributed by atoms with Crippen molar-refractivity contribution >= 4 is 11.9 Å². The Bertz CT molecular complexity index is 575. The second-order valence-corrected chi connectivity index (χ2v) is 3.46. The molecule has 0 heterocycles. The number of aromatic hydroxyl groups is 1. The number of hydrogen-bond donors (Lipinski definition) is 1. The molecule has 0 aliphatic heterocycles. The van der Waals surface area contributed by atoms with Gasteiger partial charge in [0.25, 0.3) is 0 Å². The maximum Gasteiger partial charge on any atom is 1.00 e. The SMILES string of the molecule is O=C([O-])c1ccccc1.O=C([O-])c1ccccc1O.[K+].[Na+]. The number of carboxylic acid groups (broad SMARTS) is 2. The molecule has 0 unspecified atom stereocenters. The summed E-state index contributed by atoms with van der Waals surface area (Å²) in [6, 6.07) is 13.7. The molecule has 98 valence electrons. The number of benzene rings is 2. The summed E-state index contributed by atoms with van der Waals surface area (Å²) in [6.07, 6.45) is 0. The Morgan fingerprint density at radius 2 is 1.29 bits per heavy atom. The number of phenols is 1. The molecule has 21 heavy (non-hydrogen) atoms. The Morgan fingerprint density at radius 3 is 1.62 bits per heavy atom. The monoisotopic (exact) mass is 320 g/mol. The number of para-hydroxylation sites is 1.